The van der Waals surface area contributed by atoms with E-state index in [1.807, 2.05) is 17.8 Å². The number of rotatable bonds is 4. The predicted octanol–water partition coefficient (Wildman–Crippen LogP) is 1.58. The molecule has 0 amide bonds. The lowest BCUT2D eigenvalue weighted by Crippen LogP contribution is -2.08. The van der Waals surface area contributed by atoms with Crippen molar-refractivity contribution >= 4 is 5.78 Å². The van der Waals surface area contributed by atoms with E-state index < -0.39 is 0 Å². The first-order chi connectivity index (χ1) is 6.09. The third-order valence-electron chi connectivity index (χ3n) is 2.09. The quantitative estimate of drug-likeness (QED) is 0.705. The maximum absolute atomic E-state index is 10.8. The number of carbonyl (C=O) groups is 1. The van der Waals surface area contributed by atoms with Crippen LogP contribution in [0.15, 0.2) is 12.4 Å². The molecule has 72 valence electrons. The van der Waals surface area contributed by atoms with Crippen LogP contribution in [0.2, 0.25) is 0 Å². The summed E-state index contributed by atoms with van der Waals surface area (Å²) in [6, 6.07) is 0. The molecule has 1 aromatic heterocycles. The van der Waals surface area contributed by atoms with E-state index in [0.29, 0.717) is 12.3 Å². The second-order valence-corrected chi connectivity index (χ2v) is 3.67. The lowest BCUT2D eigenvalue weighted by Gasteiger charge is -2.08. The van der Waals surface area contributed by atoms with Gasteiger partial charge in [-0.1, -0.05) is 6.92 Å². The van der Waals surface area contributed by atoms with Gasteiger partial charge in [-0.05, 0) is 12.8 Å². The van der Waals surface area contributed by atoms with Gasteiger partial charge in [-0.25, -0.2) is 4.98 Å². The van der Waals surface area contributed by atoms with Crippen molar-refractivity contribution in [3.05, 3.63) is 18.2 Å². The van der Waals surface area contributed by atoms with Crippen LogP contribution in [0, 0.1) is 5.92 Å². The van der Waals surface area contributed by atoms with Crippen molar-refractivity contribution in [1.29, 1.82) is 0 Å². The molecule has 0 fully saturated rings. The number of carbonyl (C=O) groups excluding carboxylic acids is 1. The summed E-state index contributed by atoms with van der Waals surface area (Å²) in [4.78, 5) is 15.1. The molecule has 0 N–H and O–H groups in total. The molecular formula is C10H16N2O. The molecule has 0 aliphatic carbocycles. The van der Waals surface area contributed by atoms with Crippen LogP contribution in [0.4, 0.5) is 0 Å². The van der Waals surface area contributed by atoms with Gasteiger partial charge in [0.15, 0.2) is 0 Å². The zero-order valence-electron chi connectivity index (χ0n) is 8.45. The topological polar surface area (TPSA) is 34.9 Å². The Labute approximate surface area is 78.8 Å². The molecule has 13 heavy (non-hydrogen) atoms. The Balaban J connectivity index is 2.49. The molecule has 0 aliphatic rings. The molecule has 3 heteroatoms. The molecule has 0 spiro atoms. The second kappa shape index (κ2) is 4.21. The molecule has 1 rings (SSSR count). The maximum Gasteiger partial charge on any atom is 0.130 e. The maximum atomic E-state index is 10.8. The van der Waals surface area contributed by atoms with E-state index in [1.54, 1.807) is 13.1 Å². The van der Waals surface area contributed by atoms with E-state index >= 15 is 0 Å². The minimum atomic E-state index is 0.252. The Morgan fingerprint density at radius 3 is 2.85 bits per heavy atom. The van der Waals surface area contributed by atoms with Gasteiger partial charge in [0.25, 0.3) is 0 Å². The Hall–Kier alpha value is -1.12. The average Bonchev–Trinajstić information content (AvgIpc) is 2.34. The van der Waals surface area contributed by atoms with Crippen molar-refractivity contribution in [2.45, 2.75) is 26.7 Å². The molecule has 0 aromatic carbocycles. The molecule has 0 saturated heterocycles. The number of hydrogen-bond donors (Lipinski definition) is 0. The third-order valence-corrected chi connectivity index (χ3v) is 2.09. The summed E-state index contributed by atoms with van der Waals surface area (Å²) in [6.45, 7) is 3.71. The third kappa shape index (κ3) is 3.01. The van der Waals surface area contributed by atoms with Crippen LogP contribution in [0.5, 0.6) is 0 Å². The van der Waals surface area contributed by atoms with Crippen LogP contribution < -0.4 is 0 Å². The predicted molar refractivity (Wildman–Crippen MR) is 51.4 cm³/mol. The van der Waals surface area contributed by atoms with Gasteiger partial charge >= 0.3 is 0 Å². The molecule has 0 bridgehead atoms. The molecular weight excluding hydrogens is 164 g/mol. The lowest BCUT2D eigenvalue weighted by atomic mass is 10.0. The van der Waals surface area contributed by atoms with Crippen LogP contribution in [-0.2, 0) is 18.3 Å². The summed E-state index contributed by atoms with van der Waals surface area (Å²) < 4.78 is 2.00. The number of nitrogens with zero attached hydrogens (tertiary/aromatic N) is 2. The fourth-order valence-corrected chi connectivity index (χ4v) is 1.47. The number of aromatic nitrogens is 2. The molecule has 3 nitrogen and oxygen atoms in total. The highest BCUT2D eigenvalue weighted by Gasteiger charge is 2.08. The average molecular weight is 180 g/mol. The molecule has 1 unspecified atom stereocenters. The lowest BCUT2D eigenvalue weighted by molar-refractivity contribution is -0.117. The van der Waals surface area contributed by atoms with Crippen molar-refractivity contribution in [2.75, 3.05) is 0 Å². The number of imidazole rings is 1. The summed E-state index contributed by atoms with van der Waals surface area (Å²) in [5.41, 5.74) is 0. The van der Waals surface area contributed by atoms with Gasteiger partial charge in [-0.15, -0.1) is 0 Å². The number of ketones is 1. The molecule has 1 atom stereocenters. The summed E-state index contributed by atoms with van der Waals surface area (Å²) in [7, 11) is 1.98. The largest absolute Gasteiger partial charge is 0.338 e. The first kappa shape index (κ1) is 9.96. The van der Waals surface area contributed by atoms with Gasteiger partial charge < -0.3 is 9.36 Å². The first-order valence-corrected chi connectivity index (χ1v) is 4.55. The highest BCUT2D eigenvalue weighted by molar-refractivity contribution is 5.75. The highest BCUT2D eigenvalue weighted by Crippen LogP contribution is 2.09. The number of hydrogen-bond acceptors (Lipinski definition) is 2. The normalized spacial score (nSPS) is 12.8. The summed E-state index contributed by atoms with van der Waals surface area (Å²) in [6.07, 6.45) is 5.24. The van der Waals surface area contributed by atoms with Crippen molar-refractivity contribution in [3.63, 3.8) is 0 Å². The van der Waals surface area contributed by atoms with E-state index in [9.17, 15) is 4.79 Å². The van der Waals surface area contributed by atoms with Gasteiger partial charge in [0.05, 0.1) is 0 Å². The summed E-state index contributed by atoms with van der Waals surface area (Å²) >= 11 is 0. The van der Waals surface area contributed by atoms with E-state index in [2.05, 4.69) is 11.9 Å². The van der Waals surface area contributed by atoms with Crippen molar-refractivity contribution in [2.24, 2.45) is 13.0 Å². The SMILES string of the molecule is CC(=O)CC(C)Cc1nccn1C. The molecule has 0 saturated carbocycles. The van der Waals surface area contributed by atoms with Crippen molar-refractivity contribution < 1.29 is 4.79 Å². The molecule has 1 aromatic rings. The van der Waals surface area contributed by atoms with Crippen LogP contribution in [0.25, 0.3) is 0 Å². The fourth-order valence-electron chi connectivity index (χ4n) is 1.47. The standard InChI is InChI=1S/C10H16N2O/c1-8(6-9(2)13)7-10-11-4-5-12(10)3/h4-5,8H,6-7H2,1-3H3. The van der Waals surface area contributed by atoms with Gasteiger partial charge in [0, 0.05) is 32.3 Å². The van der Waals surface area contributed by atoms with Crippen molar-refractivity contribution in [1.82, 2.24) is 9.55 Å². The van der Waals surface area contributed by atoms with E-state index in [0.717, 1.165) is 12.2 Å². The van der Waals surface area contributed by atoms with Gasteiger partial charge in [0.1, 0.15) is 11.6 Å². The Morgan fingerprint density at radius 2 is 2.38 bits per heavy atom. The van der Waals surface area contributed by atoms with Crippen LogP contribution in [-0.4, -0.2) is 15.3 Å². The zero-order valence-corrected chi connectivity index (χ0v) is 8.45. The van der Waals surface area contributed by atoms with E-state index in [-0.39, 0.29) is 5.78 Å². The van der Waals surface area contributed by atoms with Crippen LogP contribution in [0.3, 0.4) is 0 Å². The molecule has 0 radical (unpaired) electrons. The Morgan fingerprint density at radius 1 is 1.69 bits per heavy atom. The van der Waals surface area contributed by atoms with Crippen molar-refractivity contribution in [3.8, 4) is 0 Å². The highest BCUT2D eigenvalue weighted by atomic mass is 16.1. The minimum absolute atomic E-state index is 0.252. The van der Waals surface area contributed by atoms with E-state index in [4.69, 9.17) is 0 Å². The summed E-state index contributed by atoms with van der Waals surface area (Å²) in [5.74, 6) is 1.69. The summed E-state index contributed by atoms with van der Waals surface area (Å²) in [5, 5.41) is 0. The van der Waals surface area contributed by atoms with E-state index in [1.165, 1.54) is 0 Å². The van der Waals surface area contributed by atoms with Gasteiger partial charge in [-0.3, -0.25) is 0 Å². The Kier molecular flexibility index (Phi) is 3.23. The second-order valence-electron chi connectivity index (χ2n) is 3.67. The first-order valence-electron chi connectivity index (χ1n) is 4.55. The minimum Gasteiger partial charge on any atom is -0.338 e. The van der Waals surface area contributed by atoms with Crippen LogP contribution in [0.1, 0.15) is 26.1 Å². The smallest absolute Gasteiger partial charge is 0.130 e. The number of Topliss-reactive ketones (excluding diaryl/α,β-unsaturated/α-hetero) is 1. The van der Waals surface area contributed by atoms with Gasteiger partial charge in [0.2, 0.25) is 0 Å². The fraction of sp³-hybridized carbons (Fsp3) is 0.600. The number of aryl methyl sites for hydroxylation is 1. The molecule has 0 aliphatic heterocycles. The van der Waals surface area contributed by atoms with Gasteiger partial charge in [-0.2, -0.15) is 0 Å². The zero-order chi connectivity index (χ0) is 9.84. The van der Waals surface area contributed by atoms with Crippen LogP contribution >= 0.6 is 0 Å². The molecule has 1 heterocycles. The monoisotopic (exact) mass is 180 g/mol. The Bertz CT molecular complexity index is 291.